The predicted molar refractivity (Wildman–Crippen MR) is 140 cm³/mol. The van der Waals surface area contributed by atoms with Crippen LogP contribution in [-0.2, 0) is 24.2 Å². The summed E-state index contributed by atoms with van der Waals surface area (Å²) in [6, 6.07) is 0.409. The second-order valence-electron chi connectivity index (χ2n) is 12.0. The summed E-state index contributed by atoms with van der Waals surface area (Å²) in [6.07, 6.45) is 9.23. The van der Waals surface area contributed by atoms with Gasteiger partial charge in [0.1, 0.15) is 5.69 Å². The van der Waals surface area contributed by atoms with Crippen molar-refractivity contribution in [1.29, 1.82) is 0 Å². The third-order valence-corrected chi connectivity index (χ3v) is 8.06. The van der Waals surface area contributed by atoms with Gasteiger partial charge < -0.3 is 0 Å². The Bertz CT molecular complexity index is 979. The Morgan fingerprint density at radius 2 is 1.17 bits per heavy atom. The number of nitrogens with zero attached hydrogens (tertiary/aromatic N) is 6. The van der Waals surface area contributed by atoms with Crippen molar-refractivity contribution in [3.63, 3.8) is 0 Å². The first-order valence-electron chi connectivity index (χ1n) is 14.2. The van der Waals surface area contributed by atoms with E-state index < -0.39 is 11.3 Å². The van der Waals surface area contributed by atoms with E-state index in [9.17, 15) is 0 Å². The Morgan fingerprint density at radius 1 is 0.639 bits per heavy atom. The quantitative estimate of drug-likeness (QED) is 0.428. The molecular formula is C28H48F2N6. The molecule has 0 N–H and O–H groups in total. The maximum absolute atomic E-state index is 15.5. The second-order valence-corrected chi connectivity index (χ2v) is 12.0. The van der Waals surface area contributed by atoms with Crippen LogP contribution in [0, 0.1) is 11.8 Å². The zero-order valence-electron chi connectivity index (χ0n) is 23.8. The molecule has 0 saturated heterocycles. The Hall–Kier alpha value is -1.86. The van der Waals surface area contributed by atoms with Crippen molar-refractivity contribution in [1.82, 2.24) is 30.0 Å². The number of alkyl halides is 2. The van der Waals surface area contributed by atoms with E-state index in [1.54, 1.807) is 4.68 Å². The summed E-state index contributed by atoms with van der Waals surface area (Å²) >= 11 is 0. The summed E-state index contributed by atoms with van der Waals surface area (Å²) in [4.78, 5) is 0. The number of aryl methyl sites for hydroxylation is 1. The van der Waals surface area contributed by atoms with Crippen molar-refractivity contribution < 1.29 is 8.78 Å². The fourth-order valence-corrected chi connectivity index (χ4v) is 5.63. The van der Waals surface area contributed by atoms with Gasteiger partial charge in [0.25, 0.3) is 0 Å². The minimum atomic E-state index is -1.30. The van der Waals surface area contributed by atoms with Crippen molar-refractivity contribution in [2.24, 2.45) is 11.8 Å². The Morgan fingerprint density at radius 3 is 1.72 bits per heavy atom. The third-order valence-electron chi connectivity index (χ3n) is 8.06. The van der Waals surface area contributed by atoms with Crippen molar-refractivity contribution in [3.05, 3.63) is 22.8 Å². The zero-order chi connectivity index (χ0) is 26.7. The van der Waals surface area contributed by atoms with Gasteiger partial charge in [0.05, 0.1) is 17.1 Å². The van der Waals surface area contributed by atoms with Crippen molar-refractivity contribution in [3.8, 4) is 0 Å². The number of hydrogen-bond donors (Lipinski definition) is 0. The van der Waals surface area contributed by atoms with E-state index in [1.807, 2.05) is 46.2 Å². The van der Waals surface area contributed by atoms with Crippen LogP contribution >= 0.6 is 0 Å². The normalized spacial score (nSPS) is 25.1. The van der Waals surface area contributed by atoms with Crippen LogP contribution in [0.15, 0.2) is 0 Å². The van der Waals surface area contributed by atoms with Crippen molar-refractivity contribution in [2.45, 2.75) is 143 Å². The zero-order valence-corrected chi connectivity index (χ0v) is 23.8. The molecule has 0 saturated carbocycles. The minimum absolute atomic E-state index is 0.0367. The molecule has 2 heterocycles. The fourth-order valence-electron chi connectivity index (χ4n) is 5.63. The molecule has 2 aromatic rings. The lowest BCUT2D eigenvalue weighted by molar-refractivity contribution is 0.0677. The number of fused-ring (bicyclic) bond motifs is 2. The summed E-state index contributed by atoms with van der Waals surface area (Å²) < 4.78 is 34.5. The second kappa shape index (κ2) is 11.7. The van der Waals surface area contributed by atoms with Crippen molar-refractivity contribution in [2.75, 3.05) is 0 Å². The molecule has 2 aromatic heterocycles. The van der Waals surface area contributed by atoms with Crippen LogP contribution in [0.1, 0.15) is 142 Å². The minimum Gasteiger partial charge on any atom is -0.247 e. The molecule has 2 unspecified atom stereocenters. The van der Waals surface area contributed by atoms with Gasteiger partial charge in [-0.25, -0.2) is 18.1 Å². The van der Waals surface area contributed by atoms with E-state index >= 15 is 8.78 Å². The highest BCUT2D eigenvalue weighted by molar-refractivity contribution is 5.22. The lowest BCUT2D eigenvalue weighted by atomic mass is 9.80. The van der Waals surface area contributed by atoms with Gasteiger partial charge in [-0.15, -0.1) is 10.2 Å². The van der Waals surface area contributed by atoms with E-state index in [-0.39, 0.29) is 23.9 Å². The van der Waals surface area contributed by atoms with Crippen LogP contribution in [0.5, 0.6) is 0 Å². The molecular weight excluding hydrogens is 458 g/mol. The monoisotopic (exact) mass is 506 g/mol. The Balaban J connectivity index is 0.000000201. The van der Waals surface area contributed by atoms with Crippen LogP contribution in [0.25, 0.3) is 0 Å². The first kappa shape index (κ1) is 28.7. The van der Waals surface area contributed by atoms with Gasteiger partial charge >= 0.3 is 0 Å². The van der Waals surface area contributed by atoms with E-state index in [2.05, 4.69) is 34.5 Å². The SMILES string of the molecule is CC(C)n1nnc2c1C(F)(C(C)C)CCCCC2.CC(C)n1nnc2c1CCCCCC2(F)C(C)C. The highest BCUT2D eigenvalue weighted by Crippen LogP contribution is 2.43. The molecule has 2 atom stereocenters. The molecule has 0 spiro atoms. The first-order chi connectivity index (χ1) is 16.9. The van der Waals surface area contributed by atoms with Crippen LogP contribution in [-0.4, -0.2) is 30.0 Å². The standard InChI is InChI=1S/2C14H24FN3/c1-10(2)14(15)9-7-5-6-8-12-13(14)16-17-18(12)11(3)4;1-10(2)14(15)9-7-5-6-8-12-13(14)18(11(3)4)17-16-12/h2*10-11H,5-9H2,1-4H3. The molecule has 6 nitrogen and oxygen atoms in total. The highest BCUT2D eigenvalue weighted by atomic mass is 19.1. The average molecular weight is 507 g/mol. The molecule has 0 amide bonds. The Kier molecular flexibility index (Phi) is 9.31. The van der Waals surface area contributed by atoms with E-state index in [0.717, 1.165) is 68.4 Å². The summed E-state index contributed by atoms with van der Waals surface area (Å²) in [5, 5.41) is 16.8. The molecule has 36 heavy (non-hydrogen) atoms. The number of halogens is 2. The third kappa shape index (κ3) is 5.67. The number of aromatic nitrogens is 6. The number of hydrogen-bond acceptors (Lipinski definition) is 4. The first-order valence-corrected chi connectivity index (χ1v) is 14.2. The van der Waals surface area contributed by atoms with Gasteiger partial charge in [-0.3, -0.25) is 0 Å². The smallest absolute Gasteiger partial charge is 0.158 e. The van der Waals surface area contributed by atoms with E-state index in [4.69, 9.17) is 0 Å². The van der Waals surface area contributed by atoms with E-state index in [1.165, 1.54) is 0 Å². The maximum Gasteiger partial charge on any atom is 0.158 e. The lowest BCUT2D eigenvalue weighted by Gasteiger charge is -2.32. The highest BCUT2D eigenvalue weighted by Gasteiger charge is 2.43. The van der Waals surface area contributed by atoms with Gasteiger partial charge in [0.2, 0.25) is 0 Å². The average Bonchev–Trinajstić information content (AvgIpc) is 3.40. The van der Waals surface area contributed by atoms with Gasteiger partial charge in [-0.1, -0.05) is 51.0 Å². The molecule has 4 rings (SSSR count). The van der Waals surface area contributed by atoms with Gasteiger partial charge in [-0.05, 0) is 90.9 Å². The molecule has 8 heteroatoms. The van der Waals surface area contributed by atoms with Gasteiger partial charge in [0.15, 0.2) is 11.3 Å². The molecule has 204 valence electrons. The fraction of sp³-hybridized carbons (Fsp3) is 0.857. The summed E-state index contributed by atoms with van der Waals surface area (Å²) in [6.45, 7) is 16.0. The summed E-state index contributed by atoms with van der Waals surface area (Å²) in [5.74, 6) is -0.0861. The molecule has 2 aliphatic rings. The van der Waals surface area contributed by atoms with Crippen LogP contribution in [0.3, 0.4) is 0 Å². The molecule has 0 fully saturated rings. The van der Waals surface area contributed by atoms with Crippen LogP contribution in [0.2, 0.25) is 0 Å². The molecule has 0 bridgehead atoms. The summed E-state index contributed by atoms with van der Waals surface area (Å²) in [7, 11) is 0. The molecule has 0 radical (unpaired) electrons. The van der Waals surface area contributed by atoms with E-state index in [0.29, 0.717) is 18.5 Å². The Labute approximate surface area is 216 Å². The molecule has 0 aromatic carbocycles. The topological polar surface area (TPSA) is 61.4 Å². The lowest BCUT2D eigenvalue weighted by Crippen LogP contribution is -2.33. The largest absolute Gasteiger partial charge is 0.247 e. The van der Waals surface area contributed by atoms with Crippen molar-refractivity contribution >= 4 is 0 Å². The molecule has 2 aliphatic carbocycles. The summed E-state index contributed by atoms with van der Waals surface area (Å²) in [5.41, 5.74) is 0.658. The van der Waals surface area contributed by atoms with Gasteiger partial charge in [0, 0.05) is 12.1 Å². The van der Waals surface area contributed by atoms with Crippen LogP contribution in [0.4, 0.5) is 8.78 Å². The maximum atomic E-state index is 15.5. The van der Waals surface area contributed by atoms with Crippen LogP contribution < -0.4 is 0 Å². The molecule has 0 aliphatic heterocycles. The predicted octanol–water partition coefficient (Wildman–Crippen LogP) is 7.59. The van der Waals surface area contributed by atoms with Gasteiger partial charge in [-0.2, -0.15) is 0 Å². The number of rotatable bonds is 4.